The van der Waals surface area contributed by atoms with Crippen molar-refractivity contribution < 1.29 is 14.3 Å². The highest BCUT2D eigenvalue weighted by Crippen LogP contribution is 2.23. The highest BCUT2D eigenvalue weighted by atomic mass is 16.5. The van der Waals surface area contributed by atoms with Gasteiger partial charge in [0, 0.05) is 13.5 Å². The Morgan fingerprint density at radius 2 is 2.25 bits per heavy atom. The lowest BCUT2D eigenvalue weighted by Crippen LogP contribution is -2.33. The third kappa shape index (κ3) is 1.91. The van der Waals surface area contributed by atoms with E-state index in [4.69, 9.17) is 4.74 Å². The largest absolute Gasteiger partial charge is 0.381 e. The van der Waals surface area contributed by atoms with Gasteiger partial charge in [-0.05, 0) is 19.8 Å². The third-order valence-electron chi connectivity index (χ3n) is 2.42. The number of methoxy groups -OCH3 is 1. The van der Waals surface area contributed by atoms with Crippen molar-refractivity contribution in [2.24, 2.45) is 5.92 Å². The van der Waals surface area contributed by atoms with Crippen molar-refractivity contribution in [3.05, 3.63) is 0 Å². The number of Topliss-reactive ketones (excluding diaryl/α,β-unsaturated/α-hetero) is 2. The molecule has 1 fully saturated rings. The Balaban J connectivity index is 2.59. The van der Waals surface area contributed by atoms with Gasteiger partial charge in [-0.2, -0.15) is 0 Å². The Hall–Kier alpha value is -0.700. The molecule has 1 saturated carbocycles. The summed E-state index contributed by atoms with van der Waals surface area (Å²) in [6, 6.07) is 0. The number of ketones is 2. The van der Waals surface area contributed by atoms with Crippen LogP contribution in [-0.4, -0.2) is 24.8 Å². The zero-order chi connectivity index (χ0) is 9.14. The fourth-order valence-electron chi connectivity index (χ4n) is 1.60. The summed E-state index contributed by atoms with van der Waals surface area (Å²) >= 11 is 0. The lowest BCUT2D eigenvalue weighted by Gasteiger charge is -2.25. The Morgan fingerprint density at radius 3 is 2.75 bits per heavy atom. The van der Waals surface area contributed by atoms with Crippen molar-refractivity contribution in [1.29, 1.82) is 0 Å². The molecular weight excluding hydrogens is 156 g/mol. The smallest absolute Gasteiger partial charge is 0.143 e. The summed E-state index contributed by atoms with van der Waals surface area (Å²) in [7, 11) is 1.62. The zero-order valence-corrected chi connectivity index (χ0v) is 7.50. The van der Waals surface area contributed by atoms with Crippen LogP contribution in [0.1, 0.15) is 26.2 Å². The molecule has 1 rings (SSSR count). The van der Waals surface area contributed by atoms with Crippen molar-refractivity contribution >= 4 is 11.6 Å². The molecule has 1 aliphatic carbocycles. The summed E-state index contributed by atoms with van der Waals surface area (Å²) in [4.78, 5) is 22.2. The minimum atomic E-state index is -0.399. The van der Waals surface area contributed by atoms with Crippen molar-refractivity contribution in [1.82, 2.24) is 0 Å². The lowest BCUT2D eigenvalue weighted by molar-refractivity contribution is -0.136. The molecule has 0 aromatic heterocycles. The van der Waals surface area contributed by atoms with E-state index >= 15 is 0 Å². The number of rotatable bonds is 2. The highest BCUT2D eigenvalue weighted by molar-refractivity contribution is 6.01. The van der Waals surface area contributed by atoms with E-state index in [1.807, 2.05) is 0 Å². The van der Waals surface area contributed by atoms with Gasteiger partial charge in [0.1, 0.15) is 11.6 Å². The molecule has 0 aliphatic heterocycles. The van der Waals surface area contributed by atoms with Gasteiger partial charge >= 0.3 is 0 Å². The second-order valence-electron chi connectivity index (χ2n) is 3.26. The highest BCUT2D eigenvalue weighted by Gasteiger charge is 2.31. The van der Waals surface area contributed by atoms with Gasteiger partial charge in [-0.15, -0.1) is 0 Å². The van der Waals surface area contributed by atoms with E-state index in [0.717, 1.165) is 6.42 Å². The Morgan fingerprint density at radius 1 is 1.58 bits per heavy atom. The van der Waals surface area contributed by atoms with Gasteiger partial charge in [0.2, 0.25) is 0 Å². The van der Waals surface area contributed by atoms with Crippen molar-refractivity contribution in [3.63, 3.8) is 0 Å². The molecule has 2 atom stereocenters. The molecule has 0 saturated heterocycles. The average Bonchev–Trinajstić information content (AvgIpc) is 2.05. The first-order valence-electron chi connectivity index (χ1n) is 4.21. The fraction of sp³-hybridized carbons (Fsp3) is 0.778. The third-order valence-corrected chi connectivity index (χ3v) is 2.42. The van der Waals surface area contributed by atoms with Crippen LogP contribution in [0.3, 0.4) is 0 Å². The number of carbonyl (C=O) groups is 2. The molecule has 0 N–H and O–H groups in total. The molecule has 3 nitrogen and oxygen atoms in total. The number of carbonyl (C=O) groups excluding carboxylic acids is 2. The summed E-state index contributed by atoms with van der Waals surface area (Å²) < 4.78 is 5.12. The van der Waals surface area contributed by atoms with Crippen molar-refractivity contribution in [2.45, 2.75) is 32.3 Å². The number of ether oxygens (including phenoxy) is 1. The van der Waals surface area contributed by atoms with E-state index < -0.39 is 5.92 Å². The van der Waals surface area contributed by atoms with Gasteiger partial charge in [0.05, 0.1) is 12.0 Å². The van der Waals surface area contributed by atoms with Crippen LogP contribution in [0.15, 0.2) is 0 Å². The quantitative estimate of drug-likeness (QED) is 0.580. The number of hydrogen-bond acceptors (Lipinski definition) is 3. The summed E-state index contributed by atoms with van der Waals surface area (Å²) in [5.74, 6) is -0.346. The zero-order valence-electron chi connectivity index (χ0n) is 7.50. The Bertz CT molecular complexity index is 198. The minimum Gasteiger partial charge on any atom is -0.381 e. The minimum absolute atomic E-state index is 0.0262. The predicted molar refractivity (Wildman–Crippen MR) is 43.8 cm³/mol. The van der Waals surface area contributed by atoms with Gasteiger partial charge in [-0.25, -0.2) is 0 Å². The fourth-order valence-corrected chi connectivity index (χ4v) is 1.60. The lowest BCUT2D eigenvalue weighted by atomic mass is 9.84. The summed E-state index contributed by atoms with van der Waals surface area (Å²) in [6.45, 7) is 1.47. The monoisotopic (exact) mass is 170 g/mol. The Labute approximate surface area is 72.1 Å². The van der Waals surface area contributed by atoms with Crippen LogP contribution in [0.2, 0.25) is 0 Å². The maximum Gasteiger partial charge on any atom is 0.143 e. The molecule has 0 radical (unpaired) electrons. The van der Waals surface area contributed by atoms with Crippen LogP contribution in [0, 0.1) is 5.92 Å². The molecule has 0 aromatic carbocycles. The maximum atomic E-state index is 11.2. The summed E-state index contributed by atoms with van der Waals surface area (Å²) in [6.07, 6.45) is 1.92. The molecule has 0 aromatic rings. The van der Waals surface area contributed by atoms with Crippen LogP contribution in [0.4, 0.5) is 0 Å². The van der Waals surface area contributed by atoms with Crippen LogP contribution >= 0.6 is 0 Å². The second-order valence-corrected chi connectivity index (χ2v) is 3.26. The van der Waals surface area contributed by atoms with E-state index in [1.165, 1.54) is 6.92 Å². The van der Waals surface area contributed by atoms with E-state index in [1.54, 1.807) is 7.11 Å². The first kappa shape index (κ1) is 9.39. The van der Waals surface area contributed by atoms with Gasteiger partial charge in [0.15, 0.2) is 0 Å². The normalized spacial score (nSPS) is 30.3. The van der Waals surface area contributed by atoms with Crippen LogP contribution in [-0.2, 0) is 14.3 Å². The Kier molecular flexibility index (Phi) is 2.98. The standard InChI is InChI=1S/C9H14O3/c1-6(10)8-5-7(12-2)3-4-9(8)11/h7-8H,3-5H2,1-2H3. The average molecular weight is 170 g/mol. The molecule has 68 valence electrons. The molecule has 12 heavy (non-hydrogen) atoms. The molecule has 0 heterocycles. The van der Waals surface area contributed by atoms with E-state index in [-0.39, 0.29) is 17.7 Å². The topological polar surface area (TPSA) is 43.4 Å². The SMILES string of the molecule is COC1CCC(=O)C(C(C)=O)C1. The van der Waals surface area contributed by atoms with Crippen molar-refractivity contribution in [2.75, 3.05) is 7.11 Å². The van der Waals surface area contributed by atoms with Gasteiger partial charge in [-0.1, -0.05) is 0 Å². The molecule has 2 unspecified atom stereocenters. The van der Waals surface area contributed by atoms with Crippen molar-refractivity contribution in [3.8, 4) is 0 Å². The molecule has 3 heteroatoms. The second kappa shape index (κ2) is 3.81. The van der Waals surface area contributed by atoms with Crippen LogP contribution in [0.25, 0.3) is 0 Å². The summed E-state index contributed by atoms with van der Waals surface area (Å²) in [5, 5.41) is 0. The van der Waals surface area contributed by atoms with Gasteiger partial charge < -0.3 is 4.74 Å². The molecule has 0 spiro atoms. The maximum absolute atomic E-state index is 11.2. The van der Waals surface area contributed by atoms with Crippen LogP contribution in [0.5, 0.6) is 0 Å². The van der Waals surface area contributed by atoms with Gasteiger partial charge in [-0.3, -0.25) is 9.59 Å². The molecule has 0 bridgehead atoms. The van der Waals surface area contributed by atoms with Crippen LogP contribution < -0.4 is 0 Å². The first-order chi connectivity index (χ1) is 5.65. The molecule has 0 amide bonds. The summed E-state index contributed by atoms with van der Waals surface area (Å²) in [5.41, 5.74) is 0. The molecular formula is C9H14O3. The number of hydrogen-bond donors (Lipinski definition) is 0. The van der Waals surface area contributed by atoms with E-state index in [0.29, 0.717) is 12.8 Å². The molecule has 1 aliphatic rings. The first-order valence-corrected chi connectivity index (χ1v) is 4.21. The predicted octanol–water partition coefficient (Wildman–Crippen LogP) is 0.960. The van der Waals surface area contributed by atoms with E-state index in [9.17, 15) is 9.59 Å². The van der Waals surface area contributed by atoms with Gasteiger partial charge in [0.25, 0.3) is 0 Å². The van der Waals surface area contributed by atoms with E-state index in [2.05, 4.69) is 0 Å².